The first-order valence-corrected chi connectivity index (χ1v) is 15.1. The van der Waals surface area contributed by atoms with Crippen LogP contribution in [0, 0.1) is 11.3 Å². The molecule has 0 spiro atoms. The maximum atomic E-state index is 12.0. The summed E-state index contributed by atoms with van der Waals surface area (Å²) in [6.07, 6.45) is -4.34. The molecule has 1 heterocycles. The fourth-order valence-corrected chi connectivity index (χ4v) is 6.66. The van der Waals surface area contributed by atoms with Crippen molar-refractivity contribution in [3.63, 3.8) is 0 Å². The number of thioether (sulfide) groups is 1. The van der Waals surface area contributed by atoms with Gasteiger partial charge in [0, 0.05) is 45.5 Å². The van der Waals surface area contributed by atoms with Crippen LogP contribution in [0.3, 0.4) is 0 Å². The maximum Gasteiger partial charge on any atom is 0.303 e. The number of carbonyl (C=O) groups is 4. The lowest BCUT2D eigenvalue weighted by Crippen LogP contribution is -2.61. The fourth-order valence-electron chi connectivity index (χ4n) is 3.92. The molecule has 1 rings (SSSR count). The molecule has 0 N–H and O–H groups in total. The summed E-state index contributed by atoms with van der Waals surface area (Å²) < 4.78 is 41.6. The second-order valence-electron chi connectivity index (χ2n) is 9.32. The average Bonchev–Trinajstić information content (AvgIpc) is 2.82. The van der Waals surface area contributed by atoms with Crippen LogP contribution in [0.1, 0.15) is 61.8 Å². The summed E-state index contributed by atoms with van der Waals surface area (Å²) in [6, 6.07) is 2.31. The Balaban J connectivity index is 3.14. The van der Waals surface area contributed by atoms with Crippen LogP contribution in [-0.2, 0) is 51.9 Å². The second-order valence-corrected chi connectivity index (χ2v) is 12.0. The summed E-state index contributed by atoms with van der Waals surface area (Å²) in [7, 11) is -1.47. The quantitative estimate of drug-likeness (QED) is 0.109. The van der Waals surface area contributed by atoms with E-state index in [0.717, 1.165) is 0 Å². The van der Waals surface area contributed by atoms with Crippen LogP contribution in [0.15, 0.2) is 0 Å². The maximum absolute atomic E-state index is 12.0. The molecule has 1 saturated heterocycles. The molecule has 0 aromatic carbocycles. The highest BCUT2D eigenvalue weighted by Gasteiger charge is 2.52. The van der Waals surface area contributed by atoms with Gasteiger partial charge >= 0.3 is 23.9 Å². The minimum absolute atomic E-state index is 0.126. The highest BCUT2D eigenvalue weighted by Crippen LogP contribution is 2.46. The second kappa shape index (κ2) is 18.4. The first-order valence-electron chi connectivity index (χ1n) is 12.9. The highest BCUT2D eigenvalue weighted by atomic mass is 32.2. The topological polar surface area (TPSA) is 160 Å². The Morgan fingerprint density at radius 3 is 1.88 bits per heavy atom. The average molecular weight is 609 g/mol. The van der Waals surface area contributed by atoms with E-state index in [1.165, 1.54) is 39.5 Å². The molecule has 1 fully saturated rings. The first-order chi connectivity index (χ1) is 18.8. The lowest BCUT2D eigenvalue weighted by Gasteiger charge is -2.44. The van der Waals surface area contributed by atoms with Crippen LogP contribution in [0.25, 0.3) is 0 Å². The van der Waals surface area contributed by atoms with E-state index in [2.05, 4.69) is 10.7 Å². The van der Waals surface area contributed by atoms with Crippen molar-refractivity contribution in [1.29, 1.82) is 5.26 Å². The molecule has 228 valence electrons. The number of esters is 4. The summed E-state index contributed by atoms with van der Waals surface area (Å²) in [4.78, 5) is 47.3. The smallest absolute Gasteiger partial charge is 0.303 e. The van der Waals surface area contributed by atoms with Crippen LogP contribution in [0.5, 0.6) is 0 Å². The summed E-state index contributed by atoms with van der Waals surface area (Å²) in [5.74, 6) is -2.28. The molecular weight excluding hydrogens is 567 g/mol. The van der Waals surface area contributed by atoms with Gasteiger partial charge in [-0.05, 0) is 27.7 Å². The van der Waals surface area contributed by atoms with Crippen molar-refractivity contribution in [2.45, 2.75) is 104 Å². The van der Waals surface area contributed by atoms with Crippen molar-refractivity contribution in [3.8, 4) is 6.07 Å². The van der Waals surface area contributed by atoms with E-state index in [9.17, 15) is 19.2 Å². The van der Waals surface area contributed by atoms with Gasteiger partial charge in [-0.15, -0.1) is 11.8 Å². The third kappa shape index (κ3) is 12.7. The van der Waals surface area contributed by atoms with E-state index in [1.807, 2.05) is 27.7 Å². The molecule has 0 radical (unpaired) electrons. The molecule has 0 aromatic heterocycles. The van der Waals surface area contributed by atoms with Crippen molar-refractivity contribution < 1.29 is 51.9 Å². The molecule has 6 atom stereocenters. The molecule has 15 heteroatoms. The van der Waals surface area contributed by atoms with E-state index in [1.54, 1.807) is 0 Å². The Morgan fingerprint density at radius 1 is 0.850 bits per heavy atom. The van der Waals surface area contributed by atoms with Gasteiger partial charge in [-0.2, -0.15) is 5.26 Å². The normalized spacial score (nSPS) is 23.4. The molecule has 0 bridgehead atoms. The first kappa shape index (κ1) is 36.0. The van der Waals surface area contributed by atoms with Gasteiger partial charge < -0.3 is 32.7 Å². The summed E-state index contributed by atoms with van der Waals surface area (Å²) in [5.41, 5.74) is -0.888. The van der Waals surface area contributed by atoms with Gasteiger partial charge in [-0.25, -0.2) is 4.67 Å². The van der Waals surface area contributed by atoms with Gasteiger partial charge in [0.05, 0.1) is 25.7 Å². The number of carbonyl (C=O) groups excluding carboxylic acids is 4. The third-order valence-corrected chi connectivity index (χ3v) is 8.40. The number of nitriles is 1. The predicted molar refractivity (Wildman–Crippen MR) is 146 cm³/mol. The van der Waals surface area contributed by atoms with E-state index in [0.29, 0.717) is 5.75 Å². The third-order valence-electron chi connectivity index (χ3n) is 5.18. The van der Waals surface area contributed by atoms with E-state index in [-0.39, 0.29) is 38.3 Å². The Morgan fingerprint density at radius 2 is 1.38 bits per heavy atom. The van der Waals surface area contributed by atoms with Crippen LogP contribution < -0.4 is 0 Å². The number of ether oxygens (including phenoxy) is 5. The highest BCUT2D eigenvalue weighted by molar-refractivity contribution is 7.99. The van der Waals surface area contributed by atoms with E-state index < -0.39 is 62.3 Å². The lowest BCUT2D eigenvalue weighted by molar-refractivity contribution is -0.237. The summed E-state index contributed by atoms with van der Waals surface area (Å²) in [6.45, 7) is 13.0. The van der Waals surface area contributed by atoms with Gasteiger partial charge in [0.25, 0.3) is 8.53 Å². The van der Waals surface area contributed by atoms with Crippen LogP contribution >= 0.6 is 20.3 Å². The molecule has 1 aliphatic rings. The monoisotopic (exact) mass is 608 g/mol. The number of nitrogens with zero attached hydrogens (tertiary/aromatic N) is 2. The number of hydrogen-bond donors (Lipinski definition) is 0. The summed E-state index contributed by atoms with van der Waals surface area (Å²) >= 11 is 1.22. The van der Waals surface area contributed by atoms with Crippen molar-refractivity contribution in [2.75, 3.05) is 25.6 Å². The fraction of sp³-hybridized carbons (Fsp3) is 0.800. The zero-order chi connectivity index (χ0) is 30.4. The van der Waals surface area contributed by atoms with Crippen molar-refractivity contribution in [3.05, 3.63) is 0 Å². The Kier molecular flexibility index (Phi) is 16.6. The zero-order valence-electron chi connectivity index (χ0n) is 24.3. The minimum Gasteiger partial charge on any atom is -0.463 e. The Hall–Kier alpha value is -2.01. The summed E-state index contributed by atoms with van der Waals surface area (Å²) in [5, 5.41) is 8.90. The number of rotatable bonds is 16. The van der Waals surface area contributed by atoms with Gasteiger partial charge in [0.2, 0.25) is 0 Å². The molecule has 0 aliphatic carbocycles. The van der Waals surface area contributed by atoms with E-state index in [4.69, 9.17) is 38.0 Å². The lowest BCUT2D eigenvalue weighted by atomic mass is 9.99. The molecule has 1 aliphatic heterocycles. The Labute approximate surface area is 241 Å². The zero-order valence-corrected chi connectivity index (χ0v) is 26.0. The van der Waals surface area contributed by atoms with Gasteiger partial charge in [-0.1, -0.05) is 0 Å². The van der Waals surface area contributed by atoms with Crippen LogP contribution in [0.4, 0.5) is 0 Å². The van der Waals surface area contributed by atoms with Crippen LogP contribution in [-0.4, -0.2) is 96.1 Å². The van der Waals surface area contributed by atoms with E-state index >= 15 is 0 Å². The van der Waals surface area contributed by atoms with Gasteiger partial charge in [-0.3, -0.25) is 19.2 Å². The largest absolute Gasteiger partial charge is 0.463 e. The molecule has 40 heavy (non-hydrogen) atoms. The van der Waals surface area contributed by atoms with Crippen LogP contribution in [0.2, 0.25) is 0 Å². The number of hydrogen-bond acceptors (Lipinski definition) is 14. The molecule has 0 amide bonds. The molecular formula is C25H41N2O11PS. The van der Waals surface area contributed by atoms with Gasteiger partial charge in [0.15, 0.2) is 18.3 Å². The molecule has 13 nitrogen and oxygen atoms in total. The van der Waals surface area contributed by atoms with Gasteiger partial charge in [0.1, 0.15) is 18.1 Å². The SMILES string of the molecule is CC(=O)OC[C@H]1O[C@@H](SCCOP(OCCC#N)N(C(C)C)C(C)C)[C@H](OC(C)=O)[C@@H](OC(C)=O)[C@@H]1OC(C)=O. The molecule has 1 unspecified atom stereocenters. The predicted octanol–water partition coefficient (Wildman–Crippen LogP) is 3.10. The standard InChI is InChI=1S/C25H41N2O11PS/c1-15(2)27(16(3)4)39(33-11-9-10-26)34-12-13-40-25-24(37-20(8)31)23(36-19(7)30)22(35-18(6)29)21(38-25)14-32-17(5)28/h15-16,21-25H,9,11-14H2,1-8H3/t21-,22-,23+,24-,25+,39?/m1/s1. The minimum atomic E-state index is -1.47. The molecule has 0 aromatic rings. The van der Waals surface area contributed by atoms with Crippen molar-refractivity contribution in [1.82, 2.24) is 4.67 Å². The Bertz CT molecular complexity index is 877. The molecule has 0 saturated carbocycles. The van der Waals surface area contributed by atoms with Crippen molar-refractivity contribution in [2.24, 2.45) is 0 Å². The van der Waals surface area contributed by atoms with Crippen molar-refractivity contribution >= 4 is 44.2 Å².